The highest BCUT2D eigenvalue weighted by molar-refractivity contribution is 6.30. The molecule has 2 aromatic rings. The van der Waals surface area contributed by atoms with Crippen LogP contribution in [0.4, 0.5) is 0 Å². The number of piperidine rings is 1. The van der Waals surface area contributed by atoms with Crippen molar-refractivity contribution in [3.63, 3.8) is 0 Å². The summed E-state index contributed by atoms with van der Waals surface area (Å²) in [6.07, 6.45) is 6.49. The molecular weight excluding hydrogens is 330 g/mol. The molecule has 0 radical (unpaired) electrons. The molecule has 0 bridgehead atoms. The number of nitrogens with zero attached hydrogens (tertiary/aromatic N) is 3. The smallest absolute Gasteiger partial charge is 0.248 e. The van der Waals surface area contributed by atoms with Gasteiger partial charge in [0, 0.05) is 24.7 Å². The molecule has 2 N–H and O–H groups in total. The maximum Gasteiger partial charge on any atom is 0.248 e. The molecule has 0 atom stereocenters. The standard InChI is InChI=1S/C16H20ClN5O2/c17-13-2-3-14(20-12-13)24-11-9-19-15(23)16(4-7-18-8-5-16)22-10-1-6-21-22/h1-3,6,10,12,18H,4-5,7-9,11H2,(H,19,23). The summed E-state index contributed by atoms with van der Waals surface area (Å²) in [5.41, 5.74) is -0.632. The Labute approximate surface area is 145 Å². The van der Waals surface area contributed by atoms with Gasteiger partial charge in [-0.15, -0.1) is 0 Å². The van der Waals surface area contributed by atoms with Gasteiger partial charge in [-0.2, -0.15) is 5.10 Å². The number of hydrogen-bond donors (Lipinski definition) is 2. The van der Waals surface area contributed by atoms with Crippen molar-refractivity contribution in [3.8, 4) is 5.88 Å². The second kappa shape index (κ2) is 7.63. The zero-order valence-electron chi connectivity index (χ0n) is 13.2. The average molecular weight is 350 g/mol. The van der Waals surface area contributed by atoms with Gasteiger partial charge in [-0.05, 0) is 38.1 Å². The number of carbonyl (C=O) groups excluding carboxylic acids is 1. The van der Waals surface area contributed by atoms with E-state index in [4.69, 9.17) is 16.3 Å². The van der Waals surface area contributed by atoms with Crippen LogP contribution >= 0.6 is 11.6 Å². The van der Waals surface area contributed by atoms with Crippen molar-refractivity contribution in [2.45, 2.75) is 18.4 Å². The van der Waals surface area contributed by atoms with Crippen molar-refractivity contribution in [2.75, 3.05) is 26.2 Å². The zero-order chi connectivity index (χ0) is 16.8. The van der Waals surface area contributed by atoms with Crippen LogP contribution in [-0.2, 0) is 10.3 Å². The van der Waals surface area contributed by atoms with Crippen LogP contribution in [0, 0.1) is 0 Å². The average Bonchev–Trinajstić information content (AvgIpc) is 3.16. The third-order valence-electron chi connectivity index (χ3n) is 4.13. The van der Waals surface area contributed by atoms with Crippen molar-refractivity contribution >= 4 is 17.5 Å². The van der Waals surface area contributed by atoms with Crippen molar-refractivity contribution < 1.29 is 9.53 Å². The van der Waals surface area contributed by atoms with Crippen LogP contribution in [0.25, 0.3) is 0 Å². The van der Waals surface area contributed by atoms with Crippen LogP contribution in [0.5, 0.6) is 5.88 Å². The van der Waals surface area contributed by atoms with E-state index < -0.39 is 5.54 Å². The number of pyridine rings is 1. The van der Waals surface area contributed by atoms with Crippen LogP contribution in [0.15, 0.2) is 36.8 Å². The Hall–Kier alpha value is -2.12. The first-order chi connectivity index (χ1) is 11.7. The fourth-order valence-corrected chi connectivity index (χ4v) is 2.97. The molecule has 0 aromatic carbocycles. The van der Waals surface area contributed by atoms with Crippen LogP contribution in [0.2, 0.25) is 5.02 Å². The van der Waals surface area contributed by atoms with E-state index in [0.29, 0.717) is 36.9 Å². The third-order valence-corrected chi connectivity index (χ3v) is 4.36. The van der Waals surface area contributed by atoms with Crippen molar-refractivity contribution in [1.82, 2.24) is 25.4 Å². The van der Waals surface area contributed by atoms with E-state index in [9.17, 15) is 4.79 Å². The molecule has 2 aromatic heterocycles. The topological polar surface area (TPSA) is 81.1 Å². The summed E-state index contributed by atoms with van der Waals surface area (Å²) in [6.45, 7) is 2.32. The first-order valence-corrected chi connectivity index (χ1v) is 8.32. The van der Waals surface area contributed by atoms with E-state index in [2.05, 4.69) is 20.7 Å². The molecule has 1 fully saturated rings. The molecule has 3 rings (SSSR count). The zero-order valence-corrected chi connectivity index (χ0v) is 14.0. The molecule has 128 valence electrons. The van der Waals surface area contributed by atoms with Gasteiger partial charge in [0.1, 0.15) is 12.1 Å². The lowest BCUT2D eigenvalue weighted by atomic mass is 9.87. The molecule has 0 aliphatic carbocycles. The van der Waals surface area contributed by atoms with Crippen molar-refractivity contribution in [2.24, 2.45) is 0 Å². The SMILES string of the molecule is O=C(NCCOc1ccc(Cl)cn1)C1(n2cccn2)CCNCC1. The van der Waals surface area contributed by atoms with Crippen LogP contribution in [0.3, 0.4) is 0 Å². The Kier molecular flexibility index (Phi) is 5.32. The lowest BCUT2D eigenvalue weighted by Gasteiger charge is -2.36. The van der Waals surface area contributed by atoms with Crippen LogP contribution < -0.4 is 15.4 Å². The molecule has 0 saturated carbocycles. The van der Waals surface area contributed by atoms with Gasteiger partial charge < -0.3 is 15.4 Å². The van der Waals surface area contributed by atoms with E-state index in [1.54, 1.807) is 23.0 Å². The fraction of sp³-hybridized carbons (Fsp3) is 0.438. The van der Waals surface area contributed by atoms with Gasteiger partial charge in [0.15, 0.2) is 0 Å². The molecule has 0 unspecified atom stereocenters. The van der Waals surface area contributed by atoms with Crippen molar-refractivity contribution in [1.29, 1.82) is 0 Å². The summed E-state index contributed by atoms with van der Waals surface area (Å²) >= 11 is 5.78. The number of rotatable bonds is 6. The van der Waals surface area contributed by atoms with Gasteiger partial charge in [0.05, 0.1) is 11.6 Å². The van der Waals surface area contributed by atoms with Gasteiger partial charge in [-0.3, -0.25) is 9.48 Å². The maximum absolute atomic E-state index is 12.8. The monoisotopic (exact) mass is 349 g/mol. The molecule has 24 heavy (non-hydrogen) atoms. The number of nitrogens with one attached hydrogen (secondary N) is 2. The summed E-state index contributed by atoms with van der Waals surface area (Å²) in [7, 11) is 0. The highest BCUT2D eigenvalue weighted by atomic mass is 35.5. The second-order valence-electron chi connectivity index (χ2n) is 5.65. The number of hydrogen-bond acceptors (Lipinski definition) is 5. The number of amides is 1. The molecule has 0 spiro atoms. The van der Waals surface area contributed by atoms with Gasteiger partial charge in [-0.1, -0.05) is 11.6 Å². The molecule has 1 saturated heterocycles. The van der Waals surface area contributed by atoms with Crippen molar-refractivity contribution in [3.05, 3.63) is 41.8 Å². The van der Waals surface area contributed by atoms with E-state index >= 15 is 0 Å². The van der Waals surface area contributed by atoms with E-state index in [0.717, 1.165) is 13.1 Å². The summed E-state index contributed by atoms with van der Waals surface area (Å²) in [5.74, 6) is 0.456. The van der Waals surface area contributed by atoms with Gasteiger partial charge >= 0.3 is 0 Å². The minimum Gasteiger partial charge on any atom is -0.476 e. The summed E-state index contributed by atoms with van der Waals surface area (Å²) in [5, 5.41) is 11.1. The Morgan fingerprint density at radius 2 is 2.25 bits per heavy atom. The number of ether oxygens (including phenoxy) is 1. The Balaban J connectivity index is 1.55. The molecule has 1 amide bonds. The van der Waals surface area contributed by atoms with E-state index in [1.807, 2.05) is 12.3 Å². The normalized spacial score (nSPS) is 16.5. The maximum atomic E-state index is 12.8. The predicted octanol–water partition coefficient (Wildman–Crippen LogP) is 1.21. The Morgan fingerprint density at radius 1 is 1.42 bits per heavy atom. The molecule has 3 heterocycles. The first kappa shape index (κ1) is 16.7. The quantitative estimate of drug-likeness (QED) is 0.766. The summed E-state index contributed by atoms with van der Waals surface area (Å²) < 4.78 is 7.27. The number of carbonyl (C=O) groups is 1. The number of aromatic nitrogens is 3. The summed E-state index contributed by atoms with van der Waals surface area (Å²) in [4.78, 5) is 16.8. The second-order valence-corrected chi connectivity index (χ2v) is 6.09. The van der Waals surface area contributed by atoms with Gasteiger partial charge in [0.2, 0.25) is 11.8 Å². The number of halogens is 1. The molecule has 7 nitrogen and oxygen atoms in total. The molecule has 1 aliphatic rings. The largest absolute Gasteiger partial charge is 0.476 e. The molecule has 1 aliphatic heterocycles. The first-order valence-electron chi connectivity index (χ1n) is 7.94. The van der Waals surface area contributed by atoms with Gasteiger partial charge in [-0.25, -0.2) is 4.98 Å². The van der Waals surface area contributed by atoms with Gasteiger partial charge in [0.25, 0.3) is 0 Å². The Bertz CT molecular complexity index is 654. The highest BCUT2D eigenvalue weighted by Gasteiger charge is 2.41. The predicted molar refractivity (Wildman–Crippen MR) is 90.1 cm³/mol. The van der Waals surface area contributed by atoms with E-state index in [1.165, 1.54) is 6.20 Å². The summed E-state index contributed by atoms with van der Waals surface area (Å²) in [6, 6.07) is 5.25. The third kappa shape index (κ3) is 3.68. The molecule has 8 heteroatoms. The van der Waals surface area contributed by atoms with Crippen LogP contribution in [0.1, 0.15) is 12.8 Å². The lowest BCUT2D eigenvalue weighted by molar-refractivity contribution is -0.132. The molecular formula is C16H20ClN5O2. The fourth-order valence-electron chi connectivity index (χ4n) is 2.85. The minimum absolute atomic E-state index is 0.0274. The van der Waals surface area contributed by atoms with Crippen LogP contribution in [-0.4, -0.2) is 46.9 Å². The Morgan fingerprint density at radius 3 is 2.92 bits per heavy atom. The highest BCUT2D eigenvalue weighted by Crippen LogP contribution is 2.27. The lowest BCUT2D eigenvalue weighted by Crippen LogP contribution is -2.55. The minimum atomic E-state index is -0.632. The van der Waals surface area contributed by atoms with E-state index in [-0.39, 0.29) is 5.91 Å².